The zero-order valence-corrected chi connectivity index (χ0v) is 18.7. The van der Waals surface area contributed by atoms with Crippen molar-refractivity contribution < 1.29 is 9.59 Å². The number of carbonyl (C=O) groups excluding carboxylic acids is 2. The molecule has 1 heterocycles. The van der Waals surface area contributed by atoms with Crippen molar-refractivity contribution in [2.75, 3.05) is 33.2 Å². The molecule has 1 aliphatic rings. The van der Waals surface area contributed by atoms with E-state index in [1.54, 1.807) is 19.2 Å². The minimum Gasteiger partial charge on any atom is -0.356 e. The number of amides is 2. The van der Waals surface area contributed by atoms with Crippen LogP contribution in [0.2, 0.25) is 5.02 Å². The Morgan fingerprint density at radius 3 is 2.35 bits per heavy atom. The smallest absolute Gasteiger partial charge is 0.251 e. The molecule has 2 amide bonds. The van der Waals surface area contributed by atoms with Crippen molar-refractivity contribution in [1.82, 2.24) is 20.4 Å². The minimum absolute atomic E-state index is 0.0710. The summed E-state index contributed by atoms with van der Waals surface area (Å²) < 4.78 is 0. The highest BCUT2D eigenvalue weighted by molar-refractivity contribution is 6.30. The second kappa shape index (κ2) is 10.8. The molecule has 0 atom stereocenters. The van der Waals surface area contributed by atoms with E-state index in [4.69, 9.17) is 16.6 Å². The first-order chi connectivity index (χ1) is 15.0. The molecule has 1 fully saturated rings. The van der Waals surface area contributed by atoms with Crippen LogP contribution >= 0.6 is 11.6 Å². The molecule has 2 N–H and O–H groups in total. The lowest BCUT2D eigenvalue weighted by Crippen LogP contribution is -2.54. The molecule has 3 rings (SSSR count). The third kappa shape index (κ3) is 6.21. The summed E-state index contributed by atoms with van der Waals surface area (Å²) in [5, 5.41) is 6.58. The number of benzene rings is 2. The number of aliphatic imine (C=N–C) groups is 1. The van der Waals surface area contributed by atoms with Crippen LogP contribution in [0.25, 0.3) is 0 Å². The number of guanidine groups is 1. The number of halogens is 1. The molecule has 2 aromatic rings. The molecule has 0 unspecified atom stereocenters. The zero-order chi connectivity index (χ0) is 22.2. The topological polar surface area (TPSA) is 77.0 Å². The summed E-state index contributed by atoms with van der Waals surface area (Å²) in [6.45, 7) is 5.40. The van der Waals surface area contributed by atoms with Gasteiger partial charge in [-0.2, -0.15) is 0 Å². The third-order valence-electron chi connectivity index (χ3n) is 5.09. The average Bonchev–Trinajstić information content (AvgIpc) is 2.79. The lowest BCUT2D eigenvalue weighted by Gasteiger charge is -2.36. The van der Waals surface area contributed by atoms with Crippen molar-refractivity contribution >= 4 is 29.4 Å². The van der Waals surface area contributed by atoms with Gasteiger partial charge in [-0.15, -0.1) is 0 Å². The van der Waals surface area contributed by atoms with Crippen LogP contribution in [0.3, 0.4) is 0 Å². The van der Waals surface area contributed by atoms with Gasteiger partial charge in [0.25, 0.3) is 5.91 Å². The van der Waals surface area contributed by atoms with Gasteiger partial charge in [0, 0.05) is 43.8 Å². The van der Waals surface area contributed by atoms with Crippen LogP contribution in [0.15, 0.2) is 53.5 Å². The Bertz CT molecular complexity index is 928. The van der Waals surface area contributed by atoms with Gasteiger partial charge in [0.05, 0.1) is 13.1 Å². The Morgan fingerprint density at radius 1 is 1.06 bits per heavy atom. The normalized spacial score (nSPS) is 14.5. The fraction of sp³-hybridized carbons (Fsp3) is 0.348. The van der Waals surface area contributed by atoms with Crippen molar-refractivity contribution in [3.63, 3.8) is 0 Å². The van der Waals surface area contributed by atoms with E-state index in [1.807, 2.05) is 53.1 Å². The Balaban J connectivity index is 1.61. The monoisotopic (exact) mass is 441 g/mol. The van der Waals surface area contributed by atoms with Gasteiger partial charge in [-0.25, -0.2) is 4.99 Å². The number of piperazine rings is 1. The second-order valence-corrected chi connectivity index (χ2v) is 7.75. The van der Waals surface area contributed by atoms with E-state index in [2.05, 4.69) is 10.6 Å². The van der Waals surface area contributed by atoms with Crippen molar-refractivity contribution in [3.05, 3.63) is 70.2 Å². The minimum atomic E-state index is -0.113. The van der Waals surface area contributed by atoms with Crippen LogP contribution in [0.1, 0.15) is 28.4 Å². The number of nitrogens with zero attached hydrogens (tertiary/aromatic N) is 3. The number of hydrogen-bond acceptors (Lipinski definition) is 3. The maximum absolute atomic E-state index is 12.7. The molecule has 164 valence electrons. The van der Waals surface area contributed by atoms with Crippen LogP contribution in [0, 0.1) is 0 Å². The first-order valence-electron chi connectivity index (χ1n) is 10.4. The highest BCUT2D eigenvalue weighted by atomic mass is 35.5. The molecular formula is C23H28ClN5O2. The summed E-state index contributed by atoms with van der Waals surface area (Å²) in [7, 11) is 1.61. The van der Waals surface area contributed by atoms with Crippen molar-refractivity contribution in [1.29, 1.82) is 0 Å². The summed E-state index contributed by atoms with van der Waals surface area (Å²) in [5.74, 6) is 0.678. The zero-order valence-electron chi connectivity index (χ0n) is 17.9. The van der Waals surface area contributed by atoms with Gasteiger partial charge in [0.15, 0.2) is 5.96 Å². The van der Waals surface area contributed by atoms with Gasteiger partial charge in [-0.1, -0.05) is 35.9 Å². The SMILES string of the molecule is CCNC(=NCc1ccc(C(=O)NC)cc1)N1CCN(Cc2ccc(Cl)cc2)C(=O)C1. The molecule has 0 saturated carbocycles. The average molecular weight is 442 g/mol. The summed E-state index contributed by atoms with van der Waals surface area (Å²) in [6, 6.07) is 14.9. The molecule has 0 aliphatic carbocycles. The number of nitrogens with one attached hydrogen (secondary N) is 2. The van der Waals surface area contributed by atoms with Gasteiger partial charge < -0.3 is 20.4 Å². The maximum atomic E-state index is 12.7. The van der Waals surface area contributed by atoms with Gasteiger partial charge in [0.1, 0.15) is 0 Å². The van der Waals surface area contributed by atoms with Crippen molar-refractivity contribution in [3.8, 4) is 0 Å². The van der Waals surface area contributed by atoms with Gasteiger partial charge in [0.2, 0.25) is 5.91 Å². The van der Waals surface area contributed by atoms with E-state index in [-0.39, 0.29) is 18.4 Å². The molecule has 1 saturated heterocycles. The summed E-state index contributed by atoms with van der Waals surface area (Å²) >= 11 is 5.94. The molecule has 0 bridgehead atoms. The predicted octanol–water partition coefficient (Wildman–Crippen LogP) is 2.51. The third-order valence-corrected chi connectivity index (χ3v) is 5.35. The van der Waals surface area contributed by atoms with E-state index in [0.717, 1.165) is 17.1 Å². The highest BCUT2D eigenvalue weighted by Gasteiger charge is 2.26. The van der Waals surface area contributed by atoms with Crippen LogP contribution in [-0.4, -0.2) is 60.8 Å². The van der Waals surface area contributed by atoms with E-state index in [1.165, 1.54) is 0 Å². The lowest BCUT2D eigenvalue weighted by molar-refractivity contribution is -0.135. The first kappa shape index (κ1) is 22.6. The molecule has 2 aromatic carbocycles. The number of hydrogen-bond donors (Lipinski definition) is 2. The van der Waals surface area contributed by atoms with E-state index < -0.39 is 0 Å². The standard InChI is InChI=1S/C23H28ClN5O2/c1-3-26-23(27-14-17-4-8-19(9-5-17)22(31)25-2)29-13-12-28(21(30)16-29)15-18-6-10-20(24)11-7-18/h4-11H,3,12-16H2,1-2H3,(H,25,31)(H,26,27). The molecule has 8 heteroatoms. The second-order valence-electron chi connectivity index (χ2n) is 7.31. The quantitative estimate of drug-likeness (QED) is 0.533. The maximum Gasteiger partial charge on any atom is 0.251 e. The van der Waals surface area contributed by atoms with E-state index >= 15 is 0 Å². The summed E-state index contributed by atoms with van der Waals surface area (Å²) in [4.78, 5) is 33.0. The van der Waals surface area contributed by atoms with Crippen LogP contribution < -0.4 is 10.6 Å². The van der Waals surface area contributed by atoms with E-state index in [9.17, 15) is 9.59 Å². The molecule has 7 nitrogen and oxygen atoms in total. The van der Waals surface area contributed by atoms with Crippen LogP contribution in [0.4, 0.5) is 0 Å². The molecule has 0 aromatic heterocycles. The van der Waals surface area contributed by atoms with Crippen molar-refractivity contribution in [2.45, 2.75) is 20.0 Å². The number of rotatable bonds is 6. The lowest BCUT2D eigenvalue weighted by atomic mass is 10.1. The Hall–Kier alpha value is -3.06. The van der Waals surface area contributed by atoms with Crippen LogP contribution in [0.5, 0.6) is 0 Å². The fourth-order valence-corrected chi connectivity index (χ4v) is 3.49. The van der Waals surface area contributed by atoms with Gasteiger partial charge in [-0.05, 0) is 42.3 Å². The van der Waals surface area contributed by atoms with Crippen LogP contribution in [-0.2, 0) is 17.9 Å². The van der Waals surface area contributed by atoms with Crippen molar-refractivity contribution in [2.24, 2.45) is 4.99 Å². The van der Waals surface area contributed by atoms with Gasteiger partial charge in [-0.3, -0.25) is 9.59 Å². The molecular weight excluding hydrogens is 414 g/mol. The number of carbonyl (C=O) groups is 2. The Morgan fingerprint density at radius 2 is 1.74 bits per heavy atom. The Kier molecular flexibility index (Phi) is 7.89. The largest absolute Gasteiger partial charge is 0.356 e. The molecule has 0 spiro atoms. The van der Waals surface area contributed by atoms with E-state index in [0.29, 0.717) is 43.3 Å². The molecule has 1 aliphatic heterocycles. The summed E-state index contributed by atoms with van der Waals surface area (Å²) in [5.41, 5.74) is 2.67. The fourth-order valence-electron chi connectivity index (χ4n) is 3.36. The predicted molar refractivity (Wildman–Crippen MR) is 123 cm³/mol. The first-order valence-corrected chi connectivity index (χ1v) is 10.7. The molecule has 31 heavy (non-hydrogen) atoms. The van der Waals surface area contributed by atoms with Gasteiger partial charge >= 0.3 is 0 Å². The highest BCUT2D eigenvalue weighted by Crippen LogP contribution is 2.14. The summed E-state index contributed by atoms with van der Waals surface area (Å²) in [6.07, 6.45) is 0. The molecule has 0 radical (unpaired) electrons. The Labute approximate surface area is 188 Å².